The zero-order valence-corrected chi connectivity index (χ0v) is 8.94. The molecule has 3 N–H and O–H groups in total. The highest BCUT2D eigenvalue weighted by Gasteiger charge is 2.25. The second-order valence-electron chi connectivity index (χ2n) is 3.38. The highest BCUT2D eigenvalue weighted by molar-refractivity contribution is 5.71. The summed E-state index contributed by atoms with van der Waals surface area (Å²) in [4.78, 5) is 10.8. The molecule has 15 heavy (non-hydrogen) atoms. The lowest BCUT2D eigenvalue weighted by atomic mass is 10.2. The highest BCUT2D eigenvalue weighted by Crippen LogP contribution is 2.17. The molecule has 0 aromatic heterocycles. The molecule has 1 aliphatic heterocycles. The van der Waals surface area contributed by atoms with Gasteiger partial charge in [-0.2, -0.15) is 0 Å². The van der Waals surface area contributed by atoms with Crippen molar-refractivity contribution in [2.24, 2.45) is 5.73 Å². The normalized spacial score (nSPS) is 25.7. The van der Waals surface area contributed by atoms with Crippen LogP contribution in [0.15, 0.2) is 12.3 Å². The third-order valence-corrected chi connectivity index (χ3v) is 2.15. The summed E-state index contributed by atoms with van der Waals surface area (Å²) in [7, 11) is 0. The van der Waals surface area contributed by atoms with Gasteiger partial charge in [-0.1, -0.05) is 6.08 Å². The van der Waals surface area contributed by atoms with Gasteiger partial charge < -0.3 is 20.5 Å². The van der Waals surface area contributed by atoms with Gasteiger partial charge in [-0.25, -0.2) is 0 Å². The maximum atomic E-state index is 10.8. The van der Waals surface area contributed by atoms with Gasteiger partial charge in [-0.3, -0.25) is 4.79 Å². The molecule has 5 nitrogen and oxygen atoms in total. The Labute approximate surface area is 89.6 Å². The fraction of sp³-hybridized carbons (Fsp3) is 0.700. The Kier molecular flexibility index (Phi) is 5.14. The second kappa shape index (κ2) is 6.42. The Morgan fingerprint density at radius 3 is 3.13 bits per heavy atom. The Bertz CT molecular complexity index is 231. The number of ether oxygens (including phenoxy) is 2. The number of carbonyl (C=O) groups is 1. The molecule has 0 amide bonds. The number of nitrogens with one attached hydrogen (secondary N) is 1. The Morgan fingerprint density at radius 1 is 1.67 bits per heavy atom. The maximum absolute atomic E-state index is 10.8. The maximum Gasteiger partial charge on any atom is 0.319 e. The zero-order chi connectivity index (χ0) is 11.1. The molecule has 0 aromatic carbocycles. The van der Waals surface area contributed by atoms with Crippen LogP contribution in [0.5, 0.6) is 0 Å². The summed E-state index contributed by atoms with van der Waals surface area (Å²) in [5.41, 5.74) is 5.11. The lowest BCUT2D eigenvalue weighted by molar-refractivity contribution is -0.146. The quantitative estimate of drug-likeness (QED) is 0.636. The first kappa shape index (κ1) is 12.0. The van der Waals surface area contributed by atoms with E-state index in [4.69, 9.17) is 15.2 Å². The van der Waals surface area contributed by atoms with Crippen molar-refractivity contribution in [1.29, 1.82) is 0 Å². The van der Waals surface area contributed by atoms with E-state index < -0.39 is 0 Å². The summed E-state index contributed by atoms with van der Waals surface area (Å²) in [5, 5.41) is 3.09. The van der Waals surface area contributed by atoms with E-state index in [1.54, 1.807) is 0 Å². The standard InChI is InChI=1S/C10H18N2O3/c1-2-5-12-9-4-3-8(15-9)7-14-10(13)6-11/h2,5,8-9,12H,3-4,6-7,11H2,1H3/b5-2-. The lowest BCUT2D eigenvalue weighted by Crippen LogP contribution is -2.27. The van der Waals surface area contributed by atoms with Crippen molar-refractivity contribution in [3.63, 3.8) is 0 Å². The molecule has 0 radical (unpaired) electrons. The molecule has 0 bridgehead atoms. The van der Waals surface area contributed by atoms with Gasteiger partial charge in [-0.05, 0) is 26.0 Å². The van der Waals surface area contributed by atoms with Crippen molar-refractivity contribution in [3.8, 4) is 0 Å². The minimum atomic E-state index is -0.386. The predicted octanol–water partition coefficient (Wildman–Crippen LogP) is 0.117. The van der Waals surface area contributed by atoms with Gasteiger partial charge in [0.2, 0.25) is 0 Å². The van der Waals surface area contributed by atoms with Gasteiger partial charge >= 0.3 is 5.97 Å². The van der Waals surface area contributed by atoms with E-state index in [1.165, 1.54) is 0 Å². The SMILES string of the molecule is C/C=C\NC1CCC(COC(=O)CN)O1. The summed E-state index contributed by atoms with van der Waals surface area (Å²) in [6.07, 6.45) is 5.60. The molecule has 0 saturated carbocycles. The largest absolute Gasteiger partial charge is 0.462 e. The molecule has 1 aliphatic rings. The number of carbonyl (C=O) groups excluding carboxylic acids is 1. The molecule has 86 valence electrons. The first-order chi connectivity index (χ1) is 7.26. The molecule has 0 aromatic rings. The van der Waals surface area contributed by atoms with Crippen LogP contribution in [0.1, 0.15) is 19.8 Å². The molecule has 0 aliphatic carbocycles. The van der Waals surface area contributed by atoms with Crippen LogP contribution >= 0.6 is 0 Å². The van der Waals surface area contributed by atoms with Crippen molar-refractivity contribution >= 4 is 5.97 Å². The minimum absolute atomic E-state index is 0.0109. The second-order valence-corrected chi connectivity index (χ2v) is 3.38. The van der Waals surface area contributed by atoms with E-state index in [0.717, 1.165) is 12.8 Å². The van der Waals surface area contributed by atoms with Crippen molar-refractivity contribution in [3.05, 3.63) is 12.3 Å². The topological polar surface area (TPSA) is 73.6 Å². The van der Waals surface area contributed by atoms with E-state index in [0.29, 0.717) is 6.61 Å². The number of esters is 1. The summed E-state index contributed by atoms with van der Waals surface area (Å²) >= 11 is 0. The third kappa shape index (κ3) is 4.31. The van der Waals surface area contributed by atoms with Gasteiger partial charge in [0.05, 0.1) is 12.6 Å². The number of hydrogen-bond acceptors (Lipinski definition) is 5. The molecule has 1 heterocycles. The van der Waals surface area contributed by atoms with Crippen molar-refractivity contribution < 1.29 is 14.3 Å². The fourth-order valence-electron chi connectivity index (χ4n) is 1.40. The van der Waals surface area contributed by atoms with E-state index in [9.17, 15) is 4.79 Å². The number of hydrogen-bond donors (Lipinski definition) is 2. The van der Waals surface area contributed by atoms with Crippen LogP contribution in [0.25, 0.3) is 0 Å². The monoisotopic (exact) mass is 214 g/mol. The molecule has 2 atom stereocenters. The molecular formula is C10H18N2O3. The molecule has 2 unspecified atom stereocenters. The Hall–Kier alpha value is -1.07. The molecule has 1 fully saturated rings. The molecule has 1 rings (SSSR count). The van der Waals surface area contributed by atoms with E-state index in [-0.39, 0.29) is 24.8 Å². The molecule has 5 heteroatoms. The predicted molar refractivity (Wildman–Crippen MR) is 55.9 cm³/mol. The van der Waals surface area contributed by atoms with Crippen LogP contribution in [0, 0.1) is 0 Å². The van der Waals surface area contributed by atoms with Crippen LogP contribution in [-0.4, -0.2) is 31.5 Å². The zero-order valence-electron chi connectivity index (χ0n) is 8.94. The average Bonchev–Trinajstić information content (AvgIpc) is 2.71. The van der Waals surface area contributed by atoms with Crippen LogP contribution in [0.2, 0.25) is 0 Å². The van der Waals surface area contributed by atoms with Crippen LogP contribution in [0.4, 0.5) is 0 Å². The lowest BCUT2D eigenvalue weighted by Gasteiger charge is -2.13. The third-order valence-electron chi connectivity index (χ3n) is 2.15. The van der Waals surface area contributed by atoms with Gasteiger partial charge in [0.1, 0.15) is 12.8 Å². The minimum Gasteiger partial charge on any atom is -0.462 e. The van der Waals surface area contributed by atoms with Gasteiger partial charge in [0.25, 0.3) is 0 Å². The Balaban J connectivity index is 2.16. The molecular weight excluding hydrogens is 196 g/mol. The van der Waals surface area contributed by atoms with Crippen molar-refractivity contribution in [2.75, 3.05) is 13.2 Å². The highest BCUT2D eigenvalue weighted by atomic mass is 16.6. The average molecular weight is 214 g/mol. The molecule has 1 saturated heterocycles. The van der Waals surface area contributed by atoms with Crippen molar-refractivity contribution in [2.45, 2.75) is 32.1 Å². The number of nitrogens with two attached hydrogens (primary N) is 1. The number of rotatable bonds is 5. The van der Waals surface area contributed by atoms with Crippen molar-refractivity contribution in [1.82, 2.24) is 5.32 Å². The first-order valence-corrected chi connectivity index (χ1v) is 5.14. The summed E-state index contributed by atoms with van der Waals surface area (Å²) in [6, 6.07) is 0. The Morgan fingerprint density at radius 2 is 2.47 bits per heavy atom. The summed E-state index contributed by atoms with van der Waals surface area (Å²) in [5.74, 6) is -0.386. The van der Waals surface area contributed by atoms with Crippen LogP contribution < -0.4 is 11.1 Å². The summed E-state index contributed by atoms with van der Waals surface area (Å²) in [6.45, 7) is 2.15. The van der Waals surface area contributed by atoms with Gasteiger partial charge in [-0.15, -0.1) is 0 Å². The van der Waals surface area contributed by atoms with Gasteiger partial charge in [0, 0.05) is 0 Å². The first-order valence-electron chi connectivity index (χ1n) is 5.14. The number of allylic oxidation sites excluding steroid dienone is 1. The smallest absolute Gasteiger partial charge is 0.319 e. The fourth-order valence-corrected chi connectivity index (χ4v) is 1.40. The van der Waals surface area contributed by atoms with E-state index in [1.807, 2.05) is 19.2 Å². The van der Waals surface area contributed by atoms with E-state index >= 15 is 0 Å². The molecule has 0 spiro atoms. The summed E-state index contributed by atoms with van der Waals surface area (Å²) < 4.78 is 10.5. The van der Waals surface area contributed by atoms with E-state index in [2.05, 4.69) is 5.32 Å². The van der Waals surface area contributed by atoms with Crippen LogP contribution in [0.3, 0.4) is 0 Å². The van der Waals surface area contributed by atoms with Crippen LogP contribution in [-0.2, 0) is 14.3 Å². The van der Waals surface area contributed by atoms with Gasteiger partial charge in [0.15, 0.2) is 0 Å².